The molecule has 0 radical (unpaired) electrons. The molecule has 0 bridgehead atoms. The maximum absolute atomic E-state index is 11.8. The Morgan fingerprint density at radius 2 is 0.736 bits per heavy atom. The Kier molecular flexibility index (Phi) is 24.8. The van der Waals surface area contributed by atoms with Crippen LogP contribution in [0.4, 0.5) is 96.6 Å². The zero-order chi connectivity index (χ0) is 45.3. The normalized spacial score (nSPS) is 12.6. The number of carbonyl (C=O) groups is 6. The highest BCUT2D eigenvalue weighted by Crippen LogP contribution is 2.46. The van der Waals surface area contributed by atoms with E-state index in [0.717, 1.165) is 0 Å². The smallest absolute Gasteiger partial charge is 0.478 e. The van der Waals surface area contributed by atoms with Crippen LogP contribution in [-0.4, -0.2) is 121 Å². The summed E-state index contributed by atoms with van der Waals surface area (Å²) < 4.78 is 245. The lowest BCUT2D eigenvalue weighted by molar-refractivity contribution is -0.347. The van der Waals surface area contributed by atoms with E-state index in [-0.39, 0.29) is 6.08 Å². The number of hydrogen-bond acceptors (Lipinski definition) is 6. The number of rotatable bonds is 6. The zero-order valence-electron chi connectivity index (χ0n) is 23.5. The van der Waals surface area contributed by atoms with Crippen LogP contribution in [0.2, 0.25) is 0 Å². The molecule has 0 unspecified atom stereocenters. The molecule has 0 aliphatic rings. The quantitative estimate of drug-likeness (QED) is 0.0941. The van der Waals surface area contributed by atoms with Crippen LogP contribution in [0.15, 0.2) is 11.6 Å². The molecule has 0 aromatic rings. The first-order valence-electron chi connectivity index (χ1n) is 10.3. The number of aliphatic carboxylic acids is 6. The molecule has 0 aromatic carbocycles. The monoisotopic (exact) mass is 872 g/mol. The molecule has 6 N–H and O–H groups in total. The number of halogens is 23. The van der Waals surface area contributed by atoms with Crippen molar-refractivity contribution < 1.29 is 156 Å². The minimum atomic E-state index is -6.60. The molecular formula is C18H11ClF22O12. The second kappa shape index (κ2) is 21.7. The third-order valence-corrected chi connectivity index (χ3v) is 3.26. The van der Waals surface area contributed by atoms with Crippen LogP contribution in [0.25, 0.3) is 0 Å². The number of carboxylic acid groups (broad SMARTS) is 6. The van der Waals surface area contributed by atoms with Crippen molar-refractivity contribution in [3.63, 3.8) is 0 Å². The first kappa shape index (κ1) is 60.4. The van der Waals surface area contributed by atoms with Gasteiger partial charge in [-0.1, -0.05) is 0 Å². The van der Waals surface area contributed by atoms with Crippen molar-refractivity contribution in [1.82, 2.24) is 0 Å². The van der Waals surface area contributed by atoms with Crippen molar-refractivity contribution in [3.8, 4) is 0 Å². The average Bonchev–Trinajstić information content (AvgIpc) is 2.86. The largest absolute Gasteiger partial charge is 0.490 e. The zero-order valence-corrected chi connectivity index (χ0v) is 24.2. The SMILES string of the molecule is C/C(=C/C(=O)O)C(F)(F)F.O=C(O)C(F)(F)C(F)(F)C(F)(F)F.O=C(O)C(F)(F)C(F)(F)F.O=C(O)C(F)(F)Cl.O=C(O)C(F)(F)F.O=C(O)C(F)F. The lowest BCUT2D eigenvalue weighted by Gasteiger charge is -2.24. The van der Waals surface area contributed by atoms with Crippen LogP contribution in [-0.2, 0) is 28.8 Å². The van der Waals surface area contributed by atoms with Gasteiger partial charge in [0.25, 0.3) is 0 Å². The Hall–Kier alpha value is -4.69. The van der Waals surface area contributed by atoms with Crippen molar-refractivity contribution in [2.45, 2.75) is 61.2 Å². The third kappa shape index (κ3) is 26.7. The van der Waals surface area contributed by atoms with Gasteiger partial charge in [-0.2, -0.15) is 96.6 Å². The Balaban J connectivity index is -0.000000128. The van der Waals surface area contributed by atoms with Gasteiger partial charge in [0.05, 0.1) is 0 Å². The first-order valence-corrected chi connectivity index (χ1v) is 10.7. The second-order valence-corrected chi connectivity index (χ2v) is 7.71. The van der Waals surface area contributed by atoms with Crippen LogP contribution < -0.4 is 0 Å². The molecule has 0 heterocycles. The molecule has 0 atom stereocenters. The molecule has 0 saturated carbocycles. The lowest BCUT2D eigenvalue weighted by Crippen LogP contribution is -2.56. The fourth-order valence-electron chi connectivity index (χ4n) is 0.701. The maximum Gasteiger partial charge on any atom is 0.490 e. The van der Waals surface area contributed by atoms with Crippen molar-refractivity contribution in [1.29, 1.82) is 0 Å². The van der Waals surface area contributed by atoms with E-state index in [0.29, 0.717) is 6.92 Å². The molecule has 0 fully saturated rings. The van der Waals surface area contributed by atoms with Gasteiger partial charge in [-0.05, 0) is 18.5 Å². The summed E-state index contributed by atoms with van der Waals surface area (Å²) in [5.41, 5.74) is -1.11. The highest BCUT2D eigenvalue weighted by Gasteiger charge is 2.76. The van der Waals surface area contributed by atoms with Crippen LogP contribution in [0, 0.1) is 0 Å². The summed E-state index contributed by atoms with van der Waals surface area (Å²) in [5, 5.41) is 40.2. The van der Waals surface area contributed by atoms with Gasteiger partial charge in [-0.15, -0.1) is 0 Å². The van der Waals surface area contributed by atoms with Gasteiger partial charge >= 0.3 is 90.1 Å². The summed E-state index contributed by atoms with van der Waals surface area (Å²) in [6.45, 7) is 0.702. The van der Waals surface area contributed by atoms with E-state index < -0.39 is 95.7 Å². The molecule has 0 aromatic heterocycles. The first-order chi connectivity index (χ1) is 22.5. The summed E-state index contributed by atoms with van der Waals surface area (Å²) in [5.74, 6) is -33.9. The van der Waals surface area contributed by atoms with E-state index in [2.05, 4.69) is 11.6 Å². The molecular weight excluding hydrogens is 862 g/mol. The molecule has 0 amide bonds. The van der Waals surface area contributed by atoms with Crippen molar-refractivity contribution in [2.24, 2.45) is 0 Å². The van der Waals surface area contributed by atoms with Crippen LogP contribution in [0.3, 0.4) is 0 Å². The minimum Gasteiger partial charge on any atom is -0.478 e. The third-order valence-electron chi connectivity index (χ3n) is 3.10. The summed E-state index contributed by atoms with van der Waals surface area (Å²) in [7, 11) is 0. The highest BCUT2D eigenvalue weighted by atomic mass is 35.5. The number of hydrogen-bond donors (Lipinski definition) is 6. The van der Waals surface area contributed by atoms with Gasteiger partial charge in [0, 0.05) is 11.6 Å². The molecule has 0 saturated heterocycles. The van der Waals surface area contributed by atoms with Gasteiger partial charge in [-0.3, -0.25) is 0 Å². The summed E-state index contributed by atoms with van der Waals surface area (Å²) in [4.78, 5) is 55.2. The predicted molar refractivity (Wildman–Crippen MR) is 115 cm³/mol. The molecule has 0 spiro atoms. The van der Waals surface area contributed by atoms with Crippen LogP contribution in [0.5, 0.6) is 0 Å². The molecule has 35 heteroatoms. The van der Waals surface area contributed by atoms with Gasteiger partial charge in [0.2, 0.25) is 0 Å². The maximum atomic E-state index is 11.8. The average molecular weight is 873 g/mol. The van der Waals surface area contributed by atoms with Crippen molar-refractivity contribution in [3.05, 3.63) is 11.6 Å². The summed E-state index contributed by atoms with van der Waals surface area (Å²) in [6.07, 6.45) is -25.3. The van der Waals surface area contributed by atoms with Gasteiger partial charge in [0.15, 0.2) is 0 Å². The van der Waals surface area contributed by atoms with Crippen molar-refractivity contribution in [2.75, 3.05) is 0 Å². The van der Waals surface area contributed by atoms with Crippen LogP contribution >= 0.6 is 11.6 Å². The van der Waals surface area contributed by atoms with Crippen LogP contribution in [0.1, 0.15) is 6.92 Å². The lowest BCUT2D eigenvalue weighted by atomic mass is 10.1. The molecule has 0 rings (SSSR count). The fraction of sp³-hybridized carbons (Fsp3) is 0.556. The number of carboxylic acids is 6. The van der Waals surface area contributed by atoms with E-state index in [9.17, 15) is 111 Å². The minimum absolute atomic E-state index is 0.125. The van der Waals surface area contributed by atoms with E-state index in [1.807, 2.05) is 0 Å². The van der Waals surface area contributed by atoms with Gasteiger partial charge < -0.3 is 30.6 Å². The summed E-state index contributed by atoms with van der Waals surface area (Å²) >= 11 is 3.94. The standard InChI is InChI=1S/C5H5F3O2.C4HF7O2.C3HF5O2.C2HClF2O2.C2HF3O2.C2H2F2O2/c1-3(2-4(9)10)5(6,7)8;5-2(6,1(12)13)3(7,8)4(9,10)11;4-2(5,1(9)10)3(6,7)8;2*3-2(4,5)1(6)7;3-1(4)2(5)6/h2H,1H3,(H,9,10);(H,12,13);(H,9,10);2*(H,6,7);1H,(H,5,6)/b3-2-;;;;;. The van der Waals surface area contributed by atoms with E-state index in [4.69, 9.17) is 45.0 Å². The molecule has 53 heavy (non-hydrogen) atoms. The summed E-state index contributed by atoms with van der Waals surface area (Å²) in [6, 6.07) is 0. The Morgan fingerprint density at radius 3 is 0.774 bits per heavy atom. The Labute approximate surface area is 277 Å². The number of alkyl halides is 23. The second-order valence-electron chi connectivity index (χ2n) is 7.24. The molecule has 0 aliphatic heterocycles. The number of allylic oxidation sites excluding steroid dienone is 1. The topological polar surface area (TPSA) is 224 Å². The van der Waals surface area contributed by atoms with Gasteiger partial charge in [0.1, 0.15) is 0 Å². The fourth-order valence-corrected chi connectivity index (χ4v) is 0.701. The van der Waals surface area contributed by atoms with Gasteiger partial charge in [-0.25, -0.2) is 28.8 Å². The molecule has 0 aliphatic carbocycles. The Bertz CT molecular complexity index is 1220. The molecule has 12 nitrogen and oxygen atoms in total. The Morgan fingerprint density at radius 1 is 0.491 bits per heavy atom. The van der Waals surface area contributed by atoms with E-state index in [1.165, 1.54) is 0 Å². The van der Waals surface area contributed by atoms with E-state index in [1.54, 1.807) is 0 Å². The predicted octanol–water partition coefficient (Wildman–Crippen LogP) is 6.62. The highest BCUT2D eigenvalue weighted by molar-refractivity contribution is 6.30. The van der Waals surface area contributed by atoms with Crippen molar-refractivity contribution >= 4 is 47.4 Å². The molecule has 316 valence electrons. The van der Waals surface area contributed by atoms with E-state index >= 15 is 0 Å².